The van der Waals surface area contributed by atoms with Gasteiger partial charge in [-0.05, 0) is 11.8 Å². The molecule has 0 saturated carbocycles. The maximum atomic E-state index is 11.6. The third kappa shape index (κ3) is 4.41. The molecule has 0 fully saturated rings. The molecule has 0 bridgehead atoms. The first-order valence-electron chi connectivity index (χ1n) is 5.31. The van der Waals surface area contributed by atoms with E-state index in [1.165, 1.54) is 0 Å². The number of ketones is 1. The summed E-state index contributed by atoms with van der Waals surface area (Å²) in [4.78, 5) is 11.6. The quantitative estimate of drug-likeness (QED) is 0.690. The molecule has 0 aliphatic carbocycles. The van der Waals surface area contributed by atoms with Gasteiger partial charge in [0.15, 0.2) is 0 Å². The minimum Gasteiger partial charge on any atom is -0.321 e. The number of nitrogens with two attached hydrogens (primary N) is 1. The molecule has 2 nitrogen and oxygen atoms in total. The summed E-state index contributed by atoms with van der Waals surface area (Å²) < 4.78 is 0. The lowest BCUT2D eigenvalue weighted by Gasteiger charge is -2.17. The molecule has 0 radical (unpaired) electrons. The van der Waals surface area contributed by atoms with Crippen molar-refractivity contribution in [2.24, 2.45) is 17.6 Å². The summed E-state index contributed by atoms with van der Waals surface area (Å²) in [5.41, 5.74) is 5.77. The molecule has 0 spiro atoms. The van der Waals surface area contributed by atoms with Gasteiger partial charge in [-0.1, -0.05) is 40.5 Å². The predicted molar refractivity (Wildman–Crippen MR) is 56.5 cm³/mol. The lowest BCUT2D eigenvalue weighted by atomic mass is 9.90. The first kappa shape index (κ1) is 12.6. The molecule has 0 aromatic heterocycles. The van der Waals surface area contributed by atoms with Gasteiger partial charge in [0.2, 0.25) is 0 Å². The molecular weight excluding hydrogens is 162 g/mol. The van der Waals surface area contributed by atoms with Gasteiger partial charge in [0.1, 0.15) is 5.78 Å². The lowest BCUT2D eigenvalue weighted by molar-refractivity contribution is -0.122. The maximum absolute atomic E-state index is 11.6. The van der Waals surface area contributed by atoms with Crippen molar-refractivity contribution in [3.05, 3.63) is 0 Å². The molecule has 1 unspecified atom stereocenters. The number of hydrogen-bond acceptors (Lipinski definition) is 2. The first-order valence-corrected chi connectivity index (χ1v) is 5.31. The Hall–Kier alpha value is -0.370. The summed E-state index contributed by atoms with van der Waals surface area (Å²) in [6, 6.07) is -0.263. The van der Waals surface area contributed by atoms with Crippen molar-refractivity contribution in [2.75, 3.05) is 0 Å². The van der Waals surface area contributed by atoms with Crippen molar-refractivity contribution < 1.29 is 4.79 Å². The Balaban J connectivity index is 3.98. The van der Waals surface area contributed by atoms with E-state index in [9.17, 15) is 4.79 Å². The molecule has 0 aromatic carbocycles. The van der Waals surface area contributed by atoms with Crippen LogP contribution in [0.5, 0.6) is 0 Å². The molecular formula is C11H23NO. The van der Waals surface area contributed by atoms with E-state index in [0.29, 0.717) is 12.3 Å². The summed E-state index contributed by atoms with van der Waals surface area (Å²) in [5, 5.41) is 0. The van der Waals surface area contributed by atoms with Crippen LogP contribution in [-0.4, -0.2) is 11.8 Å². The van der Waals surface area contributed by atoms with E-state index in [4.69, 9.17) is 5.73 Å². The van der Waals surface area contributed by atoms with Crippen LogP contribution in [0.4, 0.5) is 0 Å². The van der Waals surface area contributed by atoms with Gasteiger partial charge in [-0.15, -0.1) is 0 Å². The van der Waals surface area contributed by atoms with Crippen LogP contribution in [-0.2, 0) is 4.79 Å². The Kier molecular flexibility index (Phi) is 5.97. The van der Waals surface area contributed by atoms with Gasteiger partial charge in [0.25, 0.3) is 0 Å². The highest BCUT2D eigenvalue weighted by molar-refractivity contribution is 5.84. The Bertz CT molecular complexity index is 150. The fraction of sp³-hybridized carbons (Fsp3) is 0.909. The van der Waals surface area contributed by atoms with Crippen molar-refractivity contribution >= 4 is 5.78 Å². The Morgan fingerprint density at radius 1 is 1.23 bits per heavy atom. The lowest BCUT2D eigenvalue weighted by Crippen LogP contribution is -2.36. The second-order valence-electron chi connectivity index (χ2n) is 4.12. The van der Waals surface area contributed by atoms with E-state index in [2.05, 4.69) is 13.8 Å². The molecule has 2 N–H and O–H groups in total. The minimum absolute atomic E-state index is 0.226. The molecule has 2 heteroatoms. The van der Waals surface area contributed by atoms with Gasteiger partial charge in [-0.3, -0.25) is 4.79 Å². The third-order valence-electron chi connectivity index (χ3n) is 2.73. The maximum Gasteiger partial charge on any atom is 0.150 e. The number of carbonyl (C=O) groups excluding carboxylic acids is 1. The topological polar surface area (TPSA) is 43.1 Å². The van der Waals surface area contributed by atoms with Crippen LogP contribution >= 0.6 is 0 Å². The van der Waals surface area contributed by atoms with E-state index >= 15 is 0 Å². The number of Topliss-reactive ketones (excluding diaryl/α,β-unsaturated/α-hetero) is 1. The van der Waals surface area contributed by atoms with Gasteiger partial charge in [-0.25, -0.2) is 0 Å². The summed E-state index contributed by atoms with van der Waals surface area (Å²) >= 11 is 0. The van der Waals surface area contributed by atoms with Gasteiger partial charge >= 0.3 is 0 Å². The minimum atomic E-state index is -0.263. The van der Waals surface area contributed by atoms with Crippen LogP contribution in [0.1, 0.15) is 47.0 Å². The average molecular weight is 185 g/mol. The molecule has 0 rings (SSSR count). The van der Waals surface area contributed by atoms with Gasteiger partial charge in [0.05, 0.1) is 6.04 Å². The van der Waals surface area contributed by atoms with Crippen molar-refractivity contribution in [2.45, 2.75) is 53.0 Å². The Labute approximate surface area is 81.9 Å². The predicted octanol–water partition coefficient (Wildman–Crippen LogP) is 2.37. The van der Waals surface area contributed by atoms with Gasteiger partial charge in [-0.2, -0.15) is 0 Å². The van der Waals surface area contributed by atoms with Crippen molar-refractivity contribution in [3.63, 3.8) is 0 Å². The van der Waals surface area contributed by atoms with Crippen LogP contribution < -0.4 is 5.73 Å². The largest absolute Gasteiger partial charge is 0.321 e. The highest BCUT2D eigenvalue weighted by Gasteiger charge is 2.19. The zero-order valence-electron chi connectivity index (χ0n) is 9.34. The van der Waals surface area contributed by atoms with E-state index in [1.807, 2.05) is 13.8 Å². The summed E-state index contributed by atoms with van der Waals surface area (Å²) in [6.45, 7) is 8.25. The molecule has 0 amide bonds. The number of hydrogen-bond donors (Lipinski definition) is 1. The Morgan fingerprint density at radius 2 is 1.69 bits per heavy atom. The van der Waals surface area contributed by atoms with Crippen molar-refractivity contribution in [3.8, 4) is 0 Å². The van der Waals surface area contributed by atoms with E-state index < -0.39 is 0 Å². The number of carbonyl (C=O) groups is 1. The standard InChI is InChI=1S/C11H23NO/c1-5-9(6-2)7-10(13)11(12)8(3)4/h8-9,11H,5-7,12H2,1-4H3. The molecule has 0 saturated heterocycles. The fourth-order valence-corrected chi connectivity index (χ4v) is 1.37. The molecule has 13 heavy (non-hydrogen) atoms. The fourth-order valence-electron chi connectivity index (χ4n) is 1.37. The molecule has 0 aliphatic heterocycles. The number of rotatable bonds is 6. The summed E-state index contributed by atoms with van der Waals surface area (Å²) in [7, 11) is 0. The van der Waals surface area contributed by atoms with Crippen LogP contribution in [0.15, 0.2) is 0 Å². The van der Waals surface area contributed by atoms with E-state index in [-0.39, 0.29) is 17.7 Å². The summed E-state index contributed by atoms with van der Waals surface area (Å²) in [6.07, 6.45) is 2.81. The van der Waals surface area contributed by atoms with Crippen LogP contribution in [0.3, 0.4) is 0 Å². The highest BCUT2D eigenvalue weighted by Crippen LogP contribution is 2.15. The average Bonchev–Trinajstić information content (AvgIpc) is 2.12. The molecule has 1 atom stereocenters. The zero-order valence-corrected chi connectivity index (χ0v) is 9.34. The van der Waals surface area contributed by atoms with Crippen LogP contribution in [0, 0.1) is 11.8 Å². The molecule has 0 heterocycles. The molecule has 78 valence electrons. The highest BCUT2D eigenvalue weighted by atomic mass is 16.1. The monoisotopic (exact) mass is 185 g/mol. The van der Waals surface area contributed by atoms with E-state index in [0.717, 1.165) is 12.8 Å². The SMILES string of the molecule is CCC(CC)CC(=O)C(N)C(C)C. The van der Waals surface area contributed by atoms with Crippen LogP contribution in [0.25, 0.3) is 0 Å². The summed E-state index contributed by atoms with van der Waals surface area (Å²) in [5.74, 6) is 1.02. The smallest absolute Gasteiger partial charge is 0.150 e. The third-order valence-corrected chi connectivity index (χ3v) is 2.73. The van der Waals surface area contributed by atoms with Gasteiger partial charge in [0, 0.05) is 6.42 Å². The van der Waals surface area contributed by atoms with Crippen molar-refractivity contribution in [1.82, 2.24) is 0 Å². The second-order valence-corrected chi connectivity index (χ2v) is 4.12. The second kappa shape index (κ2) is 6.14. The van der Waals surface area contributed by atoms with E-state index in [1.54, 1.807) is 0 Å². The first-order chi connectivity index (χ1) is 6.02. The van der Waals surface area contributed by atoms with Crippen molar-refractivity contribution in [1.29, 1.82) is 0 Å². The normalized spacial score (nSPS) is 13.8. The zero-order chi connectivity index (χ0) is 10.4. The Morgan fingerprint density at radius 3 is 2.00 bits per heavy atom. The molecule has 0 aromatic rings. The molecule has 0 aliphatic rings. The van der Waals surface area contributed by atoms with Crippen LogP contribution in [0.2, 0.25) is 0 Å². The van der Waals surface area contributed by atoms with Gasteiger partial charge < -0.3 is 5.73 Å².